The molecule has 2 saturated heterocycles. The maximum absolute atomic E-state index is 13.1. The van der Waals surface area contributed by atoms with Crippen LogP contribution in [0.3, 0.4) is 0 Å². The molecule has 6 nitrogen and oxygen atoms in total. The molecule has 7 heteroatoms. The van der Waals surface area contributed by atoms with Gasteiger partial charge in [0.15, 0.2) is 0 Å². The fourth-order valence-corrected chi connectivity index (χ4v) is 4.59. The van der Waals surface area contributed by atoms with Crippen LogP contribution < -0.4 is 4.90 Å². The van der Waals surface area contributed by atoms with Crippen molar-refractivity contribution >= 4 is 35.1 Å². The van der Waals surface area contributed by atoms with Gasteiger partial charge in [0, 0.05) is 5.02 Å². The topological polar surface area (TPSA) is 66.9 Å². The second-order valence-electron chi connectivity index (χ2n) is 8.14. The van der Waals surface area contributed by atoms with Gasteiger partial charge in [0.2, 0.25) is 5.91 Å². The van der Waals surface area contributed by atoms with Crippen LogP contribution >= 0.6 is 11.6 Å². The number of methoxy groups -OCH3 is 1. The quantitative estimate of drug-likeness (QED) is 0.523. The molecule has 0 bridgehead atoms. The highest BCUT2D eigenvalue weighted by Gasteiger charge is 2.43. The number of amides is 2. The molecule has 0 aromatic heterocycles. The zero-order valence-corrected chi connectivity index (χ0v) is 18.2. The average molecular weight is 441 g/mol. The van der Waals surface area contributed by atoms with Crippen LogP contribution in [0.2, 0.25) is 5.02 Å². The van der Waals surface area contributed by atoms with Gasteiger partial charge in [-0.2, -0.15) is 0 Å². The van der Waals surface area contributed by atoms with Gasteiger partial charge >= 0.3 is 5.97 Å². The Hall–Kier alpha value is -2.70. The van der Waals surface area contributed by atoms with Gasteiger partial charge < -0.3 is 4.74 Å². The lowest BCUT2D eigenvalue weighted by atomic mass is 9.89. The van der Waals surface area contributed by atoms with E-state index >= 15 is 0 Å². The number of hydrogen-bond donors (Lipinski definition) is 0. The molecule has 0 saturated carbocycles. The van der Waals surface area contributed by atoms with E-state index in [0.717, 1.165) is 37.4 Å². The van der Waals surface area contributed by atoms with Crippen LogP contribution in [-0.2, 0) is 20.7 Å². The van der Waals surface area contributed by atoms with E-state index in [2.05, 4.69) is 17.0 Å². The summed E-state index contributed by atoms with van der Waals surface area (Å²) in [5.74, 6) is -0.285. The second-order valence-corrected chi connectivity index (χ2v) is 8.57. The number of imide groups is 1. The Morgan fingerprint density at radius 2 is 1.68 bits per heavy atom. The van der Waals surface area contributed by atoms with Gasteiger partial charge in [-0.25, -0.2) is 9.69 Å². The molecule has 2 fully saturated rings. The Morgan fingerprint density at radius 1 is 1.03 bits per heavy atom. The van der Waals surface area contributed by atoms with E-state index < -0.39 is 12.0 Å². The highest BCUT2D eigenvalue weighted by molar-refractivity contribution is 6.30. The van der Waals surface area contributed by atoms with Gasteiger partial charge in [0.1, 0.15) is 0 Å². The van der Waals surface area contributed by atoms with Gasteiger partial charge in [0.25, 0.3) is 5.91 Å². The van der Waals surface area contributed by atoms with Crippen LogP contribution in [0.25, 0.3) is 0 Å². The van der Waals surface area contributed by atoms with Crippen LogP contribution in [0.15, 0.2) is 48.5 Å². The van der Waals surface area contributed by atoms with E-state index in [9.17, 15) is 14.4 Å². The van der Waals surface area contributed by atoms with Crippen molar-refractivity contribution in [1.82, 2.24) is 4.90 Å². The van der Waals surface area contributed by atoms with Crippen LogP contribution in [0.1, 0.15) is 35.2 Å². The number of halogens is 1. The number of rotatable bonds is 5. The normalized spacial score (nSPS) is 20.3. The highest BCUT2D eigenvalue weighted by Crippen LogP contribution is 2.30. The first-order valence-electron chi connectivity index (χ1n) is 10.5. The fourth-order valence-electron chi connectivity index (χ4n) is 4.46. The molecule has 2 aromatic carbocycles. The van der Waals surface area contributed by atoms with Crippen molar-refractivity contribution < 1.29 is 19.1 Å². The monoisotopic (exact) mass is 440 g/mol. The van der Waals surface area contributed by atoms with Crippen molar-refractivity contribution in [3.8, 4) is 0 Å². The summed E-state index contributed by atoms with van der Waals surface area (Å²) in [5, 5.41) is 0.743. The van der Waals surface area contributed by atoms with Crippen molar-refractivity contribution in [2.24, 2.45) is 5.92 Å². The minimum atomic E-state index is -0.454. The predicted octanol–water partition coefficient (Wildman–Crippen LogP) is 3.71. The summed E-state index contributed by atoms with van der Waals surface area (Å²) in [4.78, 5) is 40.7. The largest absolute Gasteiger partial charge is 0.465 e. The van der Waals surface area contributed by atoms with Crippen LogP contribution in [0.5, 0.6) is 0 Å². The average Bonchev–Trinajstić information content (AvgIpc) is 3.09. The van der Waals surface area contributed by atoms with Crippen molar-refractivity contribution in [3.63, 3.8) is 0 Å². The number of ether oxygens (including phenoxy) is 1. The third-order valence-electron chi connectivity index (χ3n) is 6.20. The summed E-state index contributed by atoms with van der Waals surface area (Å²) in [5.41, 5.74) is 2.14. The van der Waals surface area contributed by atoms with Crippen molar-refractivity contribution in [2.75, 3.05) is 25.1 Å². The molecule has 0 radical (unpaired) electrons. The lowest BCUT2D eigenvalue weighted by Crippen LogP contribution is -2.46. The SMILES string of the molecule is COC(=O)c1ccc(N2C(=O)CC(N3CCC(Cc4ccc(Cl)cc4)CC3)C2=O)cc1. The molecular weight excluding hydrogens is 416 g/mol. The molecule has 2 aliphatic rings. The minimum Gasteiger partial charge on any atom is -0.465 e. The van der Waals surface area contributed by atoms with Crippen LogP contribution in [0.4, 0.5) is 5.69 Å². The van der Waals surface area contributed by atoms with E-state index in [-0.39, 0.29) is 18.2 Å². The van der Waals surface area contributed by atoms with E-state index in [1.165, 1.54) is 17.6 Å². The third-order valence-corrected chi connectivity index (χ3v) is 6.45. The second kappa shape index (κ2) is 9.20. The van der Waals surface area contributed by atoms with E-state index in [0.29, 0.717) is 17.2 Å². The molecule has 0 N–H and O–H groups in total. The molecule has 1 atom stereocenters. The molecule has 2 heterocycles. The Balaban J connectivity index is 1.37. The summed E-state index contributed by atoms with van der Waals surface area (Å²) >= 11 is 5.97. The van der Waals surface area contributed by atoms with Crippen molar-refractivity contribution in [1.29, 1.82) is 0 Å². The number of benzene rings is 2. The number of carbonyl (C=O) groups is 3. The predicted molar refractivity (Wildman–Crippen MR) is 118 cm³/mol. The smallest absolute Gasteiger partial charge is 0.337 e. The van der Waals surface area contributed by atoms with E-state index in [1.54, 1.807) is 24.3 Å². The number of nitrogens with zero attached hydrogens (tertiary/aromatic N) is 2. The summed E-state index contributed by atoms with van der Waals surface area (Å²) in [6, 6.07) is 13.9. The summed E-state index contributed by atoms with van der Waals surface area (Å²) < 4.78 is 4.69. The van der Waals surface area contributed by atoms with Gasteiger partial charge in [0.05, 0.1) is 30.8 Å². The fraction of sp³-hybridized carbons (Fsp3) is 0.375. The number of carbonyl (C=O) groups excluding carboxylic acids is 3. The minimum absolute atomic E-state index is 0.188. The van der Waals surface area contributed by atoms with Crippen molar-refractivity contribution in [3.05, 3.63) is 64.7 Å². The number of piperidine rings is 1. The Labute approximate surface area is 186 Å². The Bertz CT molecular complexity index is 966. The summed E-state index contributed by atoms with van der Waals surface area (Å²) in [7, 11) is 1.31. The zero-order chi connectivity index (χ0) is 22.0. The van der Waals surface area contributed by atoms with Crippen LogP contribution in [-0.4, -0.2) is 48.9 Å². The van der Waals surface area contributed by atoms with Crippen LogP contribution in [0, 0.1) is 5.92 Å². The molecule has 162 valence electrons. The zero-order valence-electron chi connectivity index (χ0n) is 17.4. The first-order valence-corrected chi connectivity index (χ1v) is 10.9. The molecule has 2 amide bonds. The van der Waals surface area contributed by atoms with Crippen molar-refractivity contribution in [2.45, 2.75) is 31.7 Å². The third kappa shape index (κ3) is 4.65. The number of hydrogen-bond acceptors (Lipinski definition) is 5. The van der Waals surface area contributed by atoms with E-state index in [4.69, 9.17) is 16.3 Å². The van der Waals surface area contributed by atoms with Gasteiger partial charge in [-0.05, 0) is 80.2 Å². The molecule has 31 heavy (non-hydrogen) atoms. The molecule has 4 rings (SSSR count). The molecule has 2 aliphatic heterocycles. The first-order chi connectivity index (χ1) is 15.0. The van der Waals surface area contributed by atoms with E-state index in [1.807, 2.05) is 12.1 Å². The number of likely N-dealkylation sites (tertiary alicyclic amines) is 1. The molecular formula is C24H25ClN2O4. The Kier molecular flexibility index (Phi) is 6.39. The Morgan fingerprint density at radius 3 is 2.29 bits per heavy atom. The van der Waals surface area contributed by atoms with Gasteiger partial charge in [-0.3, -0.25) is 14.5 Å². The molecule has 1 unspecified atom stereocenters. The van der Waals surface area contributed by atoms with Gasteiger partial charge in [-0.15, -0.1) is 0 Å². The van der Waals surface area contributed by atoms with Gasteiger partial charge in [-0.1, -0.05) is 23.7 Å². The standard InChI is InChI=1S/C24H25ClN2O4/c1-31-24(30)18-4-8-20(9-5-18)27-22(28)15-21(23(27)29)26-12-10-17(11-13-26)14-16-2-6-19(25)7-3-16/h2-9,17,21H,10-15H2,1H3. The maximum atomic E-state index is 13.1. The molecule has 0 aliphatic carbocycles. The first kappa shape index (κ1) is 21.5. The molecule has 2 aromatic rings. The number of anilines is 1. The lowest BCUT2D eigenvalue weighted by molar-refractivity contribution is -0.123. The maximum Gasteiger partial charge on any atom is 0.337 e. The summed E-state index contributed by atoms with van der Waals surface area (Å²) in [6.45, 7) is 1.61. The molecule has 0 spiro atoms. The summed E-state index contributed by atoms with van der Waals surface area (Å²) in [6.07, 6.45) is 3.18. The highest BCUT2D eigenvalue weighted by atomic mass is 35.5. The lowest BCUT2D eigenvalue weighted by Gasteiger charge is -2.34. The number of esters is 1.